The number of nitrogen functional groups attached to an aromatic ring is 1. The Kier molecular flexibility index (Phi) is 3.16. The van der Waals surface area contributed by atoms with Crippen LogP contribution in [0.2, 0.25) is 0 Å². The molecule has 3 heterocycles. The maximum absolute atomic E-state index is 5.39. The second-order valence-corrected chi connectivity index (χ2v) is 4.76. The summed E-state index contributed by atoms with van der Waals surface area (Å²) in [5, 5.41) is 7.23. The molecule has 0 spiro atoms. The number of ether oxygens (including phenoxy) is 1. The van der Waals surface area contributed by atoms with Crippen LogP contribution in [0.15, 0.2) is 12.7 Å². The van der Waals surface area contributed by atoms with Gasteiger partial charge in [0.05, 0.1) is 12.1 Å². The summed E-state index contributed by atoms with van der Waals surface area (Å²) < 4.78 is 6.82. The fourth-order valence-electron chi connectivity index (χ4n) is 1.93. The number of nitrogens with zero attached hydrogens (tertiary/aromatic N) is 6. The summed E-state index contributed by atoms with van der Waals surface area (Å²) in [4.78, 5) is 16.5. The lowest BCUT2D eigenvalue weighted by Gasteiger charge is -2.23. The van der Waals surface area contributed by atoms with E-state index in [1.54, 1.807) is 0 Å². The van der Waals surface area contributed by atoms with Crippen LogP contribution in [-0.2, 0) is 4.74 Å². The van der Waals surface area contributed by atoms with E-state index in [9.17, 15) is 0 Å². The van der Waals surface area contributed by atoms with Gasteiger partial charge in [0.15, 0.2) is 0 Å². The highest BCUT2D eigenvalue weighted by atomic mass is 16.5. The lowest BCUT2D eigenvalue weighted by Crippen LogP contribution is -2.36. The van der Waals surface area contributed by atoms with E-state index in [1.807, 2.05) is 0 Å². The predicted octanol–water partition coefficient (Wildman–Crippen LogP) is -0.671. The molecule has 1 unspecified atom stereocenters. The fourth-order valence-corrected chi connectivity index (χ4v) is 1.93. The minimum absolute atomic E-state index is 0.202. The molecule has 0 radical (unpaired) electrons. The van der Waals surface area contributed by atoms with Crippen molar-refractivity contribution in [3.63, 3.8) is 0 Å². The Morgan fingerprint density at radius 2 is 2.20 bits per heavy atom. The largest absolute Gasteiger partial charge is 0.379 e. The van der Waals surface area contributed by atoms with Crippen LogP contribution in [0.3, 0.4) is 0 Å². The van der Waals surface area contributed by atoms with Gasteiger partial charge in [0.1, 0.15) is 12.7 Å². The van der Waals surface area contributed by atoms with Gasteiger partial charge in [-0.1, -0.05) is 0 Å². The summed E-state index contributed by atoms with van der Waals surface area (Å²) in [6.07, 6.45) is 3.78. The van der Waals surface area contributed by atoms with Gasteiger partial charge in [0.2, 0.25) is 11.9 Å². The van der Waals surface area contributed by atoms with Crippen molar-refractivity contribution < 1.29 is 4.74 Å². The number of nitrogens with one attached hydrogen (secondary N) is 2. The van der Waals surface area contributed by atoms with Gasteiger partial charge in [-0.05, 0) is 13.3 Å². The Labute approximate surface area is 114 Å². The van der Waals surface area contributed by atoms with Gasteiger partial charge in [0, 0.05) is 6.61 Å². The third kappa shape index (κ3) is 2.51. The summed E-state index contributed by atoms with van der Waals surface area (Å²) in [6.45, 7) is 3.36. The van der Waals surface area contributed by atoms with Crippen molar-refractivity contribution in [2.24, 2.45) is 5.84 Å². The molecule has 0 bridgehead atoms. The summed E-state index contributed by atoms with van der Waals surface area (Å²) in [7, 11) is 0. The van der Waals surface area contributed by atoms with E-state index in [-0.39, 0.29) is 11.5 Å². The second-order valence-electron chi connectivity index (χ2n) is 4.76. The first kappa shape index (κ1) is 12.7. The maximum atomic E-state index is 5.39. The molecule has 0 aromatic carbocycles. The average molecular weight is 277 g/mol. The zero-order valence-corrected chi connectivity index (χ0v) is 10.9. The van der Waals surface area contributed by atoms with Crippen molar-refractivity contribution in [1.82, 2.24) is 29.7 Å². The Morgan fingerprint density at radius 3 is 2.85 bits per heavy atom. The molecule has 1 aliphatic heterocycles. The second kappa shape index (κ2) is 4.98. The van der Waals surface area contributed by atoms with Gasteiger partial charge >= 0.3 is 0 Å². The highest BCUT2D eigenvalue weighted by Crippen LogP contribution is 2.22. The molecule has 106 valence electrons. The predicted molar refractivity (Wildman–Crippen MR) is 70.0 cm³/mol. The van der Waals surface area contributed by atoms with Gasteiger partial charge in [-0.15, -0.1) is 0 Å². The van der Waals surface area contributed by atoms with Crippen molar-refractivity contribution in [1.29, 1.82) is 0 Å². The van der Waals surface area contributed by atoms with Gasteiger partial charge in [-0.2, -0.15) is 24.7 Å². The molecule has 2 aromatic heterocycles. The van der Waals surface area contributed by atoms with Crippen LogP contribution in [-0.4, -0.2) is 48.5 Å². The molecule has 2 aromatic rings. The van der Waals surface area contributed by atoms with Crippen molar-refractivity contribution in [3.05, 3.63) is 12.7 Å². The van der Waals surface area contributed by atoms with Gasteiger partial charge < -0.3 is 10.1 Å². The minimum atomic E-state index is -0.202. The number of nitrogens with two attached hydrogens (primary N) is 1. The first-order chi connectivity index (χ1) is 9.68. The molecular weight excluding hydrogens is 262 g/mol. The number of hydrazine groups is 1. The first-order valence-corrected chi connectivity index (χ1v) is 6.12. The van der Waals surface area contributed by atoms with Gasteiger partial charge in [-0.25, -0.2) is 10.8 Å². The Morgan fingerprint density at radius 1 is 1.35 bits per heavy atom. The van der Waals surface area contributed by atoms with Crippen LogP contribution in [0.1, 0.15) is 13.3 Å². The van der Waals surface area contributed by atoms with Crippen LogP contribution in [0, 0.1) is 0 Å². The standard InChI is InChI=1S/C10H15N9O/c1-10(2-3-20-4-10)17-7-14-8(18-11)16-9(15-7)19-6-12-5-13-19/h5-6H,2-4,11H2,1H3,(H2,14,15,16,17,18). The van der Waals surface area contributed by atoms with Crippen LogP contribution in [0.25, 0.3) is 5.95 Å². The SMILES string of the molecule is CC1(Nc2nc(NN)nc(-n3cncn3)n2)CCOC1. The maximum Gasteiger partial charge on any atom is 0.258 e. The Bertz CT molecular complexity index is 578. The van der Waals surface area contributed by atoms with Gasteiger partial charge in [0.25, 0.3) is 5.95 Å². The van der Waals surface area contributed by atoms with Crippen molar-refractivity contribution in [2.45, 2.75) is 18.9 Å². The molecule has 1 fully saturated rings. The Balaban J connectivity index is 1.92. The molecule has 1 aliphatic rings. The molecule has 0 saturated carbocycles. The molecule has 1 saturated heterocycles. The number of rotatable bonds is 4. The van der Waals surface area contributed by atoms with Gasteiger partial charge in [-0.3, -0.25) is 5.43 Å². The van der Waals surface area contributed by atoms with Crippen LogP contribution >= 0.6 is 0 Å². The smallest absolute Gasteiger partial charge is 0.258 e. The molecule has 20 heavy (non-hydrogen) atoms. The normalized spacial score (nSPS) is 21.9. The van der Waals surface area contributed by atoms with E-state index in [1.165, 1.54) is 17.3 Å². The fraction of sp³-hybridized carbons (Fsp3) is 0.500. The highest BCUT2D eigenvalue weighted by Gasteiger charge is 2.30. The van der Waals surface area contributed by atoms with Crippen LogP contribution in [0.4, 0.5) is 11.9 Å². The summed E-state index contributed by atoms with van der Waals surface area (Å²) in [5.41, 5.74) is 2.21. The zero-order chi connectivity index (χ0) is 14.0. The van der Waals surface area contributed by atoms with Crippen LogP contribution < -0.4 is 16.6 Å². The topological polar surface area (TPSA) is 129 Å². The van der Waals surface area contributed by atoms with E-state index in [0.29, 0.717) is 25.1 Å². The number of hydrogen-bond donors (Lipinski definition) is 3. The molecule has 0 amide bonds. The number of anilines is 2. The van der Waals surface area contributed by atoms with E-state index in [0.717, 1.165) is 6.42 Å². The third-order valence-electron chi connectivity index (χ3n) is 3.01. The average Bonchev–Trinajstić information content (AvgIpc) is 3.09. The molecular formula is C10H15N9O. The van der Waals surface area contributed by atoms with E-state index in [2.05, 4.69) is 42.7 Å². The molecule has 4 N–H and O–H groups in total. The molecule has 3 rings (SSSR count). The molecule has 1 atom stereocenters. The summed E-state index contributed by atoms with van der Waals surface area (Å²) in [6, 6.07) is 0. The monoisotopic (exact) mass is 277 g/mol. The Hall–Kier alpha value is -2.33. The minimum Gasteiger partial charge on any atom is -0.379 e. The number of aromatic nitrogens is 6. The third-order valence-corrected chi connectivity index (χ3v) is 3.01. The van der Waals surface area contributed by atoms with E-state index >= 15 is 0 Å². The summed E-state index contributed by atoms with van der Waals surface area (Å²) >= 11 is 0. The molecule has 10 nitrogen and oxygen atoms in total. The number of hydrogen-bond acceptors (Lipinski definition) is 9. The van der Waals surface area contributed by atoms with Crippen molar-refractivity contribution >= 4 is 11.9 Å². The zero-order valence-electron chi connectivity index (χ0n) is 10.9. The summed E-state index contributed by atoms with van der Waals surface area (Å²) in [5.74, 6) is 6.37. The van der Waals surface area contributed by atoms with E-state index in [4.69, 9.17) is 10.6 Å². The lowest BCUT2D eigenvalue weighted by atomic mass is 10.0. The first-order valence-electron chi connectivity index (χ1n) is 6.12. The quantitative estimate of drug-likeness (QED) is 0.492. The highest BCUT2D eigenvalue weighted by molar-refractivity contribution is 5.39. The van der Waals surface area contributed by atoms with E-state index < -0.39 is 0 Å². The molecule has 10 heteroatoms. The van der Waals surface area contributed by atoms with Crippen LogP contribution in [0.5, 0.6) is 0 Å². The van der Waals surface area contributed by atoms with Crippen molar-refractivity contribution in [3.8, 4) is 5.95 Å². The lowest BCUT2D eigenvalue weighted by molar-refractivity contribution is 0.185. The van der Waals surface area contributed by atoms with Crippen molar-refractivity contribution in [2.75, 3.05) is 24.0 Å². The molecule has 0 aliphatic carbocycles.